The number of ether oxygens (including phenoxy) is 1. The van der Waals surface area contributed by atoms with Crippen molar-refractivity contribution in [1.29, 1.82) is 0 Å². The second kappa shape index (κ2) is 6.57. The SMILES string of the molecule is COc1cc(-c2ocnc2CNCC(C)C)ccc1C. The summed E-state index contributed by atoms with van der Waals surface area (Å²) < 4.78 is 10.9. The second-order valence-corrected chi connectivity index (χ2v) is 5.34. The Morgan fingerprint density at radius 3 is 2.85 bits per heavy atom. The Labute approximate surface area is 120 Å². The molecule has 0 amide bonds. The molecule has 4 heteroatoms. The molecule has 1 heterocycles. The topological polar surface area (TPSA) is 47.3 Å². The molecular weight excluding hydrogens is 252 g/mol. The fourth-order valence-electron chi connectivity index (χ4n) is 2.07. The minimum absolute atomic E-state index is 0.616. The summed E-state index contributed by atoms with van der Waals surface area (Å²) in [4.78, 5) is 4.30. The standard InChI is InChI=1S/C16H22N2O2/c1-11(2)8-17-9-14-16(20-10-18-14)13-6-5-12(3)15(7-13)19-4/h5-7,10-11,17H,8-9H2,1-4H3. The number of methoxy groups -OCH3 is 1. The summed E-state index contributed by atoms with van der Waals surface area (Å²) in [7, 11) is 1.68. The Hall–Kier alpha value is -1.81. The summed E-state index contributed by atoms with van der Waals surface area (Å²) in [5, 5.41) is 3.38. The predicted octanol–water partition coefficient (Wildman–Crippen LogP) is 3.40. The van der Waals surface area contributed by atoms with Gasteiger partial charge < -0.3 is 14.5 Å². The van der Waals surface area contributed by atoms with Gasteiger partial charge in [-0.1, -0.05) is 26.0 Å². The van der Waals surface area contributed by atoms with Gasteiger partial charge in [0.2, 0.25) is 0 Å². The lowest BCUT2D eigenvalue weighted by Crippen LogP contribution is -2.19. The van der Waals surface area contributed by atoms with E-state index in [0.717, 1.165) is 34.9 Å². The summed E-state index contributed by atoms with van der Waals surface area (Å²) >= 11 is 0. The first kappa shape index (κ1) is 14.6. The minimum atomic E-state index is 0.616. The van der Waals surface area contributed by atoms with Crippen molar-refractivity contribution in [2.45, 2.75) is 27.3 Å². The second-order valence-electron chi connectivity index (χ2n) is 5.34. The molecule has 4 nitrogen and oxygen atoms in total. The molecule has 0 spiro atoms. The van der Waals surface area contributed by atoms with Crippen LogP contribution in [0.25, 0.3) is 11.3 Å². The molecule has 1 N–H and O–H groups in total. The first-order valence-corrected chi connectivity index (χ1v) is 6.90. The minimum Gasteiger partial charge on any atom is -0.496 e. The number of rotatable bonds is 6. The van der Waals surface area contributed by atoms with Crippen molar-refractivity contribution in [3.05, 3.63) is 35.9 Å². The molecule has 0 radical (unpaired) electrons. The molecule has 0 saturated carbocycles. The molecule has 0 aliphatic heterocycles. The van der Waals surface area contributed by atoms with Gasteiger partial charge in [-0.25, -0.2) is 4.98 Å². The number of nitrogens with one attached hydrogen (secondary N) is 1. The van der Waals surface area contributed by atoms with Crippen molar-refractivity contribution in [1.82, 2.24) is 10.3 Å². The van der Waals surface area contributed by atoms with Crippen LogP contribution in [0.3, 0.4) is 0 Å². The Morgan fingerprint density at radius 2 is 2.15 bits per heavy atom. The van der Waals surface area contributed by atoms with Crippen LogP contribution in [0, 0.1) is 12.8 Å². The lowest BCUT2D eigenvalue weighted by atomic mass is 10.1. The average Bonchev–Trinajstić information content (AvgIpc) is 2.87. The van der Waals surface area contributed by atoms with Crippen molar-refractivity contribution < 1.29 is 9.15 Å². The van der Waals surface area contributed by atoms with E-state index in [1.54, 1.807) is 7.11 Å². The van der Waals surface area contributed by atoms with Gasteiger partial charge >= 0.3 is 0 Å². The molecule has 0 aliphatic carbocycles. The van der Waals surface area contributed by atoms with E-state index < -0.39 is 0 Å². The number of hydrogen-bond acceptors (Lipinski definition) is 4. The Bertz CT molecular complexity index is 561. The van der Waals surface area contributed by atoms with Gasteiger partial charge in [0.1, 0.15) is 11.4 Å². The van der Waals surface area contributed by atoms with Crippen LogP contribution in [0.1, 0.15) is 25.1 Å². The van der Waals surface area contributed by atoms with E-state index >= 15 is 0 Å². The summed E-state index contributed by atoms with van der Waals surface area (Å²) in [6.45, 7) is 8.06. The van der Waals surface area contributed by atoms with Crippen LogP contribution >= 0.6 is 0 Å². The lowest BCUT2D eigenvalue weighted by Gasteiger charge is -2.08. The van der Waals surface area contributed by atoms with Gasteiger partial charge in [0.05, 0.1) is 7.11 Å². The zero-order chi connectivity index (χ0) is 14.5. The summed E-state index contributed by atoms with van der Waals surface area (Å²) in [6, 6.07) is 6.05. The zero-order valence-corrected chi connectivity index (χ0v) is 12.6. The fourth-order valence-corrected chi connectivity index (χ4v) is 2.07. The van der Waals surface area contributed by atoms with Crippen molar-refractivity contribution in [3.8, 4) is 17.1 Å². The van der Waals surface area contributed by atoms with Gasteiger partial charge in [0, 0.05) is 12.1 Å². The third-order valence-corrected chi connectivity index (χ3v) is 3.16. The predicted molar refractivity (Wildman–Crippen MR) is 79.8 cm³/mol. The zero-order valence-electron chi connectivity index (χ0n) is 12.6. The number of aryl methyl sites for hydroxylation is 1. The van der Waals surface area contributed by atoms with Gasteiger partial charge in [-0.05, 0) is 31.0 Å². The third-order valence-electron chi connectivity index (χ3n) is 3.16. The summed E-state index contributed by atoms with van der Waals surface area (Å²) in [6.07, 6.45) is 1.49. The van der Waals surface area contributed by atoms with Crippen molar-refractivity contribution in [2.75, 3.05) is 13.7 Å². The van der Waals surface area contributed by atoms with Crippen LogP contribution in [0.15, 0.2) is 29.0 Å². The molecule has 0 saturated heterocycles. The molecule has 0 atom stereocenters. The van der Waals surface area contributed by atoms with E-state index in [2.05, 4.69) is 24.1 Å². The molecule has 0 unspecified atom stereocenters. The molecular formula is C16H22N2O2. The maximum atomic E-state index is 5.54. The Morgan fingerprint density at radius 1 is 1.35 bits per heavy atom. The maximum Gasteiger partial charge on any atom is 0.181 e. The van der Waals surface area contributed by atoms with Crippen LogP contribution in [-0.2, 0) is 6.54 Å². The number of oxazole rings is 1. The van der Waals surface area contributed by atoms with Crippen LogP contribution in [0.4, 0.5) is 0 Å². The van der Waals surface area contributed by atoms with Gasteiger partial charge in [-0.2, -0.15) is 0 Å². The van der Waals surface area contributed by atoms with E-state index in [1.165, 1.54) is 6.39 Å². The smallest absolute Gasteiger partial charge is 0.181 e. The van der Waals surface area contributed by atoms with Gasteiger partial charge in [-0.15, -0.1) is 0 Å². The molecule has 1 aromatic heterocycles. The highest BCUT2D eigenvalue weighted by molar-refractivity contribution is 5.63. The van der Waals surface area contributed by atoms with Crippen molar-refractivity contribution in [2.24, 2.45) is 5.92 Å². The highest BCUT2D eigenvalue weighted by Crippen LogP contribution is 2.28. The van der Waals surface area contributed by atoms with Crippen LogP contribution in [0.2, 0.25) is 0 Å². The quantitative estimate of drug-likeness (QED) is 0.877. The van der Waals surface area contributed by atoms with Crippen LogP contribution in [0.5, 0.6) is 5.75 Å². The average molecular weight is 274 g/mol. The molecule has 108 valence electrons. The van der Waals surface area contributed by atoms with E-state index in [0.29, 0.717) is 12.5 Å². The number of aromatic nitrogens is 1. The van der Waals surface area contributed by atoms with Crippen LogP contribution < -0.4 is 10.1 Å². The largest absolute Gasteiger partial charge is 0.496 e. The van der Waals surface area contributed by atoms with Gasteiger partial charge in [0.15, 0.2) is 12.2 Å². The molecule has 0 aliphatic rings. The van der Waals surface area contributed by atoms with Gasteiger partial charge in [-0.3, -0.25) is 0 Å². The van der Waals surface area contributed by atoms with Crippen molar-refractivity contribution in [3.63, 3.8) is 0 Å². The first-order chi connectivity index (χ1) is 9.61. The normalized spacial score (nSPS) is 11.1. The monoisotopic (exact) mass is 274 g/mol. The summed E-state index contributed by atoms with van der Waals surface area (Å²) in [5.74, 6) is 2.28. The Balaban J connectivity index is 2.19. The molecule has 20 heavy (non-hydrogen) atoms. The Kier molecular flexibility index (Phi) is 4.79. The summed E-state index contributed by atoms with van der Waals surface area (Å²) in [5.41, 5.74) is 3.03. The van der Waals surface area contributed by atoms with E-state index in [9.17, 15) is 0 Å². The van der Waals surface area contributed by atoms with Crippen molar-refractivity contribution >= 4 is 0 Å². The molecule has 1 aromatic carbocycles. The van der Waals surface area contributed by atoms with Crippen LogP contribution in [-0.4, -0.2) is 18.6 Å². The number of hydrogen-bond donors (Lipinski definition) is 1. The van der Waals surface area contributed by atoms with E-state index in [1.807, 2.05) is 25.1 Å². The molecule has 2 aromatic rings. The highest BCUT2D eigenvalue weighted by Gasteiger charge is 2.12. The highest BCUT2D eigenvalue weighted by atomic mass is 16.5. The number of benzene rings is 1. The third kappa shape index (κ3) is 3.39. The number of nitrogens with zero attached hydrogens (tertiary/aromatic N) is 1. The van der Waals surface area contributed by atoms with E-state index in [-0.39, 0.29) is 0 Å². The van der Waals surface area contributed by atoms with E-state index in [4.69, 9.17) is 9.15 Å². The van der Waals surface area contributed by atoms with Gasteiger partial charge in [0.25, 0.3) is 0 Å². The molecule has 0 fully saturated rings. The molecule has 2 rings (SSSR count). The lowest BCUT2D eigenvalue weighted by molar-refractivity contribution is 0.411. The maximum absolute atomic E-state index is 5.54. The fraction of sp³-hybridized carbons (Fsp3) is 0.438. The first-order valence-electron chi connectivity index (χ1n) is 6.90. The molecule has 0 bridgehead atoms.